The van der Waals surface area contributed by atoms with Crippen LogP contribution in [0.1, 0.15) is 24.2 Å². The number of guanidine groups is 1. The van der Waals surface area contributed by atoms with Gasteiger partial charge >= 0.3 is 0 Å². The summed E-state index contributed by atoms with van der Waals surface area (Å²) in [6, 6.07) is 16.3. The highest BCUT2D eigenvalue weighted by Gasteiger charge is 2.10. The third-order valence-electron chi connectivity index (χ3n) is 4.40. The highest BCUT2D eigenvalue weighted by Crippen LogP contribution is 2.16. The molecule has 0 spiro atoms. The van der Waals surface area contributed by atoms with Crippen LogP contribution in [-0.2, 0) is 6.54 Å². The Kier molecular flexibility index (Phi) is 6.26. The van der Waals surface area contributed by atoms with Crippen LogP contribution in [-0.4, -0.2) is 41.9 Å². The molecule has 0 fully saturated rings. The van der Waals surface area contributed by atoms with E-state index in [2.05, 4.69) is 44.8 Å². The van der Waals surface area contributed by atoms with Gasteiger partial charge in [-0.25, -0.2) is 9.67 Å². The molecule has 3 rings (SSSR count). The van der Waals surface area contributed by atoms with Crippen LogP contribution >= 0.6 is 0 Å². The molecular weight excluding hydrogens is 350 g/mol. The summed E-state index contributed by atoms with van der Waals surface area (Å²) in [5.41, 5.74) is 3.15. The number of aliphatic imine (C=N–C) groups is 1. The molecule has 2 heterocycles. The maximum absolute atomic E-state index is 4.63. The van der Waals surface area contributed by atoms with Crippen molar-refractivity contribution in [2.24, 2.45) is 4.99 Å². The predicted molar refractivity (Wildman–Crippen MR) is 114 cm³/mol. The van der Waals surface area contributed by atoms with E-state index in [9.17, 15) is 0 Å². The van der Waals surface area contributed by atoms with E-state index in [1.165, 1.54) is 0 Å². The number of pyridine rings is 1. The van der Waals surface area contributed by atoms with Crippen LogP contribution in [0, 0.1) is 0 Å². The van der Waals surface area contributed by atoms with Gasteiger partial charge in [0.05, 0.1) is 24.0 Å². The lowest BCUT2D eigenvalue weighted by molar-refractivity contribution is 0.681. The molecule has 1 aromatic carbocycles. The summed E-state index contributed by atoms with van der Waals surface area (Å²) in [4.78, 5) is 11.0. The Balaban J connectivity index is 1.63. The molecule has 0 radical (unpaired) electrons. The third kappa shape index (κ3) is 4.88. The van der Waals surface area contributed by atoms with Crippen molar-refractivity contribution >= 4 is 11.8 Å². The molecular formula is C21H27N7. The number of benzene rings is 1. The largest absolute Gasteiger partial charge is 0.363 e. The highest BCUT2D eigenvalue weighted by molar-refractivity contribution is 5.80. The Morgan fingerprint density at radius 1 is 1.18 bits per heavy atom. The quantitative estimate of drug-likeness (QED) is 0.511. The maximum Gasteiger partial charge on any atom is 0.191 e. The van der Waals surface area contributed by atoms with Gasteiger partial charge in [0.25, 0.3) is 0 Å². The van der Waals surface area contributed by atoms with Crippen LogP contribution in [0.3, 0.4) is 0 Å². The van der Waals surface area contributed by atoms with Crippen LogP contribution in [0.15, 0.2) is 65.9 Å². The lowest BCUT2D eigenvalue weighted by atomic mass is 10.1. The SMILES string of the molecule is CN=C(NCc1cccc(N(C)C)n1)NC(C)c1cccc(-n2cccn2)c1. The van der Waals surface area contributed by atoms with E-state index in [-0.39, 0.29) is 6.04 Å². The summed E-state index contributed by atoms with van der Waals surface area (Å²) in [6.07, 6.45) is 3.71. The molecule has 0 saturated heterocycles. The topological polar surface area (TPSA) is 70.4 Å². The van der Waals surface area contributed by atoms with Crippen molar-refractivity contribution in [3.8, 4) is 5.69 Å². The Morgan fingerprint density at radius 2 is 2.00 bits per heavy atom. The molecule has 7 heteroatoms. The number of nitrogens with zero attached hydrogens (tertiary/aromatic N) is 5. The number of rotatable bonds is 6. The van der Waals surface area contributed by atoms with Crippen LogP contribution in [0.2, 0.25) is 0 Å². The van der Waals surface area contributed by atoms with Gasteiger partial charge in [0, 0.05) is 33.5 Å². The van der Waals surface area contributed by atoms with Crippen LogP contribution in [0.4, 0.5) is 5.82 Å². The molecule has 146 valence electrons. The van der Waals surface area contributed by atoms with Crippen molar-refractivity contribution in [2.75, 3.05) is 26.0 Å². The van der Waals surface area contributed by atoms with Crippen LogP contribution in [0.25, 0.3) is 5.69 Å². The number of anilines is 1. The van der Waals surface area contributed by atoms with Gasteiger partial charge in [-0.3, -0.25) is 4.99 Å². The van der Waals surface area contributed by atoms with E-state index in [0.717, 1.165) is 28.7 Å². The molecule has 0 amide bonds. The molecule has 1 unspecified atom stereocenters. The first-order valence-corrected chi connectivity index (χ1v) is 9.27. The van der Waals surface area contributed by atoms with Crippen molar-refractivity contribution in [2.45, 2.75) is 19.5 Å². The summed E-state index contributed by atoms with van der Waals surface area (Å²) in [5.74, 6) is 1.67. The van der Waals surface area contributed by atoms with Gasteiger partial charge in [0.1, 0.15) is 5.82 Å². The maximum atomic E-state index is 4.63. The minimum Gasteiger partial charge on any atom is -0.363 e. The van der Waals surface area contributed by atoms with Gasteiger partial charge in [-0.1, -0.05) is 18.2 Å². The van der Waals surface area contributed by atoms with Crippen LogP contribution < -0.4 is 15.5 Å². The van der Waals surface area contributed by atoms with Gasteiger partial charge in [0.15, 0.2) is 5.96 Å². The van der Waals surface area contributed by atoms with Crippen molar-refractivity contribution in [3.63, 3.8) is 0 Å². The van der Waals surface area contributed by atoms with E-state index in [4.69, 9.17) is 0 Å². The van der Waals surface area contributed by atoms with Crippen molar-refractivity contribution < 1.29 is 0 Å². The zero-order valence-electron chi connectivity index (χ0n) is 16.8. The summed E-state index contributed by atoms with van der Waals surface area (Å²) in [7, 11) is 5.74. The summed E-state index contributed by atoms with van der Waals surface area (Å²) in [5, 5.41) is 11.1. The Morgan fingerprint density at radius 3 is 2.71 bits per heavy atom. The molecule has 0 aliphatic heterocycles. The molecule has 0 aliphatic rings. The smallest absolute Gasteiger partial charge is 0.191 e. The fraction of sp³-hybridized carbons (Fsp3) is 0.286. The van der Waals surface area contributed by atoms with Crippen molar-refractivity contribution in [3.05, 3.63) is 72.2 Å². The van der Waals surface area contributed by atoms with Gasteiger partial charge in [-0.15, -0.1) is 0 Å². The molecule has 2 N–H and O–H groups in total. The van der Waals surface area contributed by atoms with Crippen LogP contribution in [0.5, 0.6) is 0 Å². The van der Waals surface area contributed by atoms with Gasteiger partial charge in [-0.05, 0) is 42.8 Å². The fourth-order valence-corrected chi connectivity index (χ4v) is 2.83. The predicted octanol–water partition coefficient (Wildman–Crippen LogP) is 2.76. The minimum absolute atomic E-state index is 0.0859. The first-order chi connectivity index (χ1) is 13.6. The third-order valence-corrected chi connectivity index (χ3v) is 4.40. The Hall–Kier alpha value is -3.35. The highest BCUT2D eigenvalue weighted by atomic mass is 15.3. The number of nitrogens with one attached hydrogen (secondary N) is 2. The average molecular weight is 377 g/mol. The zero-order valence-corrected chi connectivity index (χ0v) is 16.8. The van der Waals surface area contributed by atoms with E-state index in [1.807, 2.05) is 66.3 Å². The van der Waals surface area contributed by atoms with Gasteiger partial charge < -0.3 is 15.5 Å². The lowest BCUT2D eigenvalue weighted by Crippen LogP contribution is -2.38. The van der Waals surface area contributed by atoms with E-state index in [0.29, 0.717) is 6.54 Å². The Bertz CT molecular complexity index is 916. The molecule has 0 bridgehead atoms. The second kappa shape index (κ2) is 9.03. The first-order valence-electron chi connectivity index (χ1n) is 9.27. The molecule has 2 aromatic heterocycles. The summed E-state index contributed by atoms with van der Waals surface area (Å²) >= 11 is 0. The zero-order chi connectivity index (χ0) is 19.9. The molecule has 28 heavy (non-hydrogen) atoms. The average Bonchev–Trinajstić information content (AvgIpc) is 3.26. The molecule has 3 aromatic rings. The number of aromatic nitrogens is 3. The molecule has 0 aliphatic carbocycles. The fourth-order valence-electron chi connectivity index (χ4n) is 2.83. The standard InChI is InChI=1S/C21H27N7/c1-16(17-8-5-10-19(14-17)28-13-7-12-24-28)25-21(22-2)23-15-18-9-6-11-20(26-18)27(3)4/h5-14,16H,15H2,1-4H3,(H2,22,23,25). The van der Waals surface area contributed by atoms with Gasteiger partial charge in [-0.2, -0.15) is 5.10 Å². The minimum atomic E-state index is 0.0859. The number of hydrogen-bond donors (Lipinski definition) is 2. The van der Waals surface area contributed by atoms with Crippen molar-refractivity contribution in [1.82, 2.24) is 25.4 Å². The summed E-state index contributed by atoms with van der Waals surface area (Å²) in [6.45, 7) is 2.71. The second-order valence-corrected chi connectivity index (χ2v) is 6.72. The first kappa shape index (κ1) is 19.4. The molecule has 0 saturated carbocycles. The van der Waals surface area contributed by atoms with E-state index < -0.39 is 0 Å². The molecule has 7 nitrogen and oxygen atoms in total. The number of hydrogen-bond acceptors (Lipinski definition) is 4. The monoisotopic (exact) mass is 377 g/mol. The van der Waals surface area contributed by atoms with Gasteiger partial charge in [0.2, 0.25) is 0 Å². The summed E-state index contributed by atoms with van der Waals surface area (Å²) < 4.78 is 1.85. The lowest BCUT2D eigenvalue weighted by Gasteiger charge is -2.19. The Labute approximate surface area is 166 Å². The van der Waals surface area contributed by atoms with Crippen molar-refractivity contribution in [1.29, 1.82) is 0 Å². The van der Waals surface area contributed by atoms with E-state index >= 15 is 0 Å². The van der Waals surface area contributed by atoms with E-state index in [1.54, 1.807) is 13.2 Å². The molecule has 1 atom stereocenters. The normalized spacial score (nSPS) is 12.5. The second-order valence-electron chi connectivity index (χ2n) is 6.72.